The van der Waals surface area contributed by atoms with Crippen molar-refractivity contribution in [1.29, 1.82) is 0 Å². The zero-order chi connectivity index (χ0) is 25.7. The third-order valence-corrected chi connectivity index (χ3v) is 5.26. The van der Waals surface area contributed by atoms with E-state index in [2.05, 4.69) is 10.6 Å². The third-order valence-electron chi connectivity index (χ3n) is 5.26. The number of amides is 5. The molecule has 0 unspecified atom stereocenters. The molecule has 36 heavy (non-hydrogen) atoms. The standard InChI is InChI=1S/C26H23N3O7/c1-16(30)27-19-6-8-20(9-7-19)36-15-18-12-17(5-10-23(18)34-2)13-22-24(31)28-26(33)29(25(22)32)14-21-4-3-11-35-21/h3-13H,14-15H2,1-2H3,(H,27,30)(H,28,31,33). The van der Waals surface area contributed by atoms with Gasteiger partial charge in [0.25, 0.3) is 11.8 Å². The Kier molecular flexibility index (Phi) is 7.15. The van der Waals surface area contributed by atoms with E-state index in [1.165, 1.54) is 26.4 Å². The number of rotatable bonds is 8. The first kappa shape index (κ1) is 24.3. The van der Waals surface area contributed by atoms with Crippen molar-refractivity contribution in [1.82, 2.24) is 10.2 Å². The van der Waals surface area contributed by atoms with Crippen LogP contribution in [-0.4, -0.2) is 35.8 Å². The van der Waals surface area contributed by atoms with E-state index in [9.17, 15) is 19.2 Å². The minimum atomic E-state index is -0.813. The minimum Gasteiger partial charge on any atom is -0.496 e. The van der Waals surface area contributed by atoms with Crippen molar-refractivity contribution in [3.05, 3.63) is 83.3 Å². The molecule has 0 atom stereocenters. The van der Waals surface area contributed by atoms with Crippen LogP contribution in [-0.2, 0) is 27.5 Å². The molecule has 1 aliphatic heterocycles. The lowest BCUT2D eigenvalue weighted by atomic mass is 10.0. The zero-order valence-electron chi connectivity index (χ0n) is 19.6. The van der Waals surface area contributed by atoms with E-state index in [1.54, 1.807) is 54.6 Å². The Morgan fingerprint density at radius 3 is 2.56 bits per heavy atom. The van der Waals surface area contributed by atoms with Crippen LogP contribution in [0.5, 0.6) is 11.5 Å². The largest absolute Gasteiger partial charge is 0.496 e. The van der Waals surface area contributed by atoms with Gasteiger partial charge in [0.2, 0.25) is 5.91 Å². The van der Waals surface area contributed by atoms with Crippen LogP contribution in [0.4, 0.5) is 10.5 Å². The molecule has 0 saturated carbocycles. The second kappa shape index (κ2) is 10.6. The van der Waals surface area contributed by atoms with Crippen LogP contribution < -0.4 is 20.1 Å². The number of benzene rings is 2. The maximum atomic E-state index is 12.9. The first-order valence-electron chi connectivity index (χ1n) is 10.9. The molecule has 2 aromatic carbocycles. The summed E-state index contributed by atoms with van der Waals surface area (Å²) in [6.07, 6.45) is 2.84. The fraction of sp³-hybridized carbons (Fsp3) is 0.154. The van der Waals surface area contributed by atoms with Crippen molar-refractivity contribution in [2.45, 2.75) is 20.1 Å². The molecule has 184 valence electrons. The summed E-state index contributed by atoms with van der Waals surface area (Å²) < 4.78 is 16.5. The maximum absolute atomic E-state index is 12.9. The number of carbonyl (C=O) groups excluding carboxylic acids is 4. The fourth-order valence-electron chi connectivity index (χ4n) is 3.56. The van der Waals surface area contributed by atoms with Gasteiger partial charge in [0.05, 0.1) is 19.9 Å². The summed E-state index contributed by atoms with van der Waals surface area (Å²) >= 11 is 0. The van der Waals surface area contributed by atoms with Crippen molar-refractivity contribution >= 4 is 35.5 Å². The molecule has 1 saturated heterocycles. The molecule has 0 aliphatic carbocycles. The topological polar surface area (TPSA) is 127 Å². The number of barbiturate groups is 1. The summed E-state index contributed by atoms with van der Waals surface area (Å²) in [5.41, 5.74) is 1.67. The number of nitrogens with zero attached hydrogens (tertiary/aromatic N) is 1. The summed E-state index contributed by atoms with van der Waals surface area (Å²) in [7, 11) is 1.52. The Labute approximate surface area is 206 Å². The van der Waals surface area contributed by atoms with Gasteiger partial charge in [0.15, 0.2) is 0 Å². The minimum absolute atomic E-state index is 0.106. The second-order valence-electron chi connectivity index (χ2n) is 7.85. The molecular weight excluding hydrogens is 466 g/mol. The van der Waals surface area contributed by atoms with Crippen LogP contribution in [0.2, 0.25) is 0 Å². The quantitative estimate of drug-likeness (QED) is 0.366. The van der Waals surface area contributed by atoms with Gasteiger partial charge in [-0.05, 0) is 60.2 Å². The maximum Gasteiger partial charge on any atom is 0.331 e. The van der Waals surface area contributed by atoms with Gasteiger partial charge < -0.3 is 19.2 Å². The molecular formula is C26H23N3O7. The number of hydrogen-bond donors (Lipinski definition) is 2. The van der Waals surface area contributed by atoms with Gasteiger partial charge in [0, 0.05) is 18.2 Å². The molecule has 4 rings (SSSR count). The first-order valence-corrected chi connectivity index (χ1v) is 10.9. The number of nitrogens with one attached hydrogen (secondary N) is 2. The van der Waals surface area contributed by atoms with E-state index in [0.717, 1.165) is 4.90 Å². The lowest BCUT2D eigenvalue weighted by molar-refractivity contribution is -0.130. The third kappa shape index (κ3) is 5.61. The van der Waals surface area contributed by atoms with Crippen LogP contribution in [0.15, 0.2) is 70.9 Å². The monoisotopic (exact) mass is 489 g/mol. The lowest BCUT2D eigenvalue weighted by Gasteiger charge is -2.25. The van der Waals surface area contributed by atoms with Crippen molar-refractivity contribution in [3.8, 4) is 11.5 Å². The summed E-state index contributed by atoms with van der Waals surface area (Å²) in [5, 5.41) is 4.87. The average Bonchev–Trinajstić information content (AvgIpc) is 3.37. The van der Waals surface area contributed by atoms with Gasteiger partial charge >= 0.3 is 6.03 Å². The van der Waals surface area contributed by atoms with Crippen LogP contribution in [0.1, 0.15) is 23.8 Å². The normalized spacial score (nSPS) is 14.6. The number of carbonyl (C=O) groups is 4. The van der Waals surface area contributed by atoms with E-state index >= 15 is 0 Å². The molecule has 10 nitrogen and oxygen atoms in total. The first-order chi connectivity index (χ1) is 17.3. The molecule has 5 amide bonds. The molecule has 1 aromatic heterocycles. The van der Waals surface area contributed by atoms with Gasteiger partial charge in [-0.15, -0.1) is 0 Å². The molecule has 0 radical (unpaired) electrons. The molecule has 2 N–H and O–H groups in total. The summed E-state index contributed by atoms with van der Waals surface area (Å²) in [6.45, 7) is 1.46. The number of urea groups is 1. The number of methoxy groups -OCH3 is 1. The highest BCUT2D eigenvalue weighted by atomic mass is 16.5. The molecule has 2 heterocycles. The van der Waals surface area contributed by atoms with E-state index in [4.69, 9.17) is 13.9 Å². The van der Waals surface area contributed by atoms with Gasteiger partial charge in [-0.25, -0.2) is 4.79 Å². The number of ether oxygens (including phenoxy) is 2. The SMILES string of the molecule is COc1ccc(C=C2C(=O)NC(=O)N(Cc3ccco3)C2=O)cc1COc1ccc(NC(C)=O)cc1. The van der Waals surface area contributed by atoms with Gasteiger partial charge in [-0.3, -0.25) is 24.6 Å². The Hall–Kier alpha value is -4.86. The van der Waals surface area contributed by atoms with Crippen LogP contribution in [0.3, 0.4) is 0 Å². The van der Waals surface area contributed by atoms with Gasteiger partial charge in [-0.2, -0.15) is 0 Å². The van der Waals surface area contributed by atoms with E-state index in [-0.39, 0.29) is 24.6 Å². The second-order valence-corrected chi connectivity index (χ2v) is 7.85. The molecule has 10 heteroatoms. The van der Waals surface area contributed by atoms with E-state index in [1.807, 2.05) is 0 Å². The van der Waals surface area contributed by atoms with E-state index in [0.29, 0.717) is 34.1 Å². The predicted molar refractivity (Wildman–Crippen MR) is 129 cm³/mol. The Morgan fingerprint density at radius 2 is 1.89 bits per heavy atom. The Balaban J connectivity index is 1.53. The van der Waals surface area contributed by atoms with Crippen molar-refractivity contribution in [2.75, 3.05) is 12.4 Å². The molecule has 0 spiro atoms. The predicted octanol–water partition coefficient (Wildman–Crippen LogP) is 3.49. The Morgan fingerprint density at radius 1 is 1.11 bits per heavy atom. The Bertz CT molecular complexity index is 1330. The van der Waals surface area contributed by atoms with Crippen molar-refractivity contribution in [3.63, 3.8) is 0 Å². The van der Waals surface area contributed by atoms with Gasteiger partial charge in [-0.1, -0.05) is 6.07 Å². The highest BCUT2D eigenvalue weighted by molar-refractivity contribution is 6.30. The average molecular weight is 489 g/mol. The molecule has 1 fully saturated rings. The number of hydrogen-bond acceptors (Lipinski definition) is 7. The van der Waals surface area contributed by atoms with E-state index < -0.39 is 17.8 Å². The number of anilines is 1. The molecule has 0 bridgehead atoms. The smallest absolute Gasteiger partial charge is 0.331 e. The molecule has 1 aliphatic rings. The number of imide groups is 2. The van der Waals surface area contributed by atoms with Crippen molar-refractivity contribution < 1.29 is 33.1 Å². The highest BCUT2D eigenvalue weighted by Gasteiger charge is 2.36. The lowest BCUT2D eigenvalue weighted by Crippen LogP contribution is -2.53. The summed E-state index contributed by atoms with van der Waals surface area (Å²) in [6, 6.07) is 14.4. The van der Waals surface area contributed by atoms with Crippen LogP contribution in [0, 0.1) is 0 Å². The van der Waals surface area contributed by atoms with Gasteiger partial charge in [0.1, 0.15) is 29.4 Å². The summed E-state index contributed by atoms with van der Waals surface area (Å²) in [5.74, 6) is -0.148. The van der Waals surface area contributed by atoms with Crippen LogP contribution in [0.25, 0.3) is 6.08 Å². The number of furan rings is 1. The van der Waals surface area contributed by atoms with Crippen molar-refractivity contribution in [2.24, 2.45) is 0 Å². The highest BCUT2D eigenvalue weighted by Crippen LogP contribution is 2.25. The molecule has 3 aromatic rings. The fourth-order valence-corrected chi connectivity index (χ4v) is 3.56. The van der Waals surface area contributed by atoms with Crippen LogP contribution >= 0.6 is 0 Å². The zero-order valence-corrected chi connectivity index (χ0v) is 19.6. The summed E-state index contributed by atoms with van der Waals surface area (Å²) in [4.78, 5) is 49.7.